The van der Waals surface area contributed by atoms with Crippen LogP contribution in [0.3, 0.4) is 0 Å². The van der Waals surface area contributed by atoms with E-state index in [1.807, 2.05) is 0 Å². The molecule has 0 saturated carbocycles. The van der Waals surface area contributed by atoms with E-state index in [1.54, 1.807) is 19.0 Å². The Balaban J connectivity index is 3.38. The number of amides is 1. The molecule has 0 aromatic rings. The molecule has 2 N–H and O–H groups in total. The number of nitrogens with zero attached hydrogens (tertiary/aromatic N) is 1. The smallest absolute Gasteiger partial charge is 0.320 e. The van der Waals surface area contributed by atoms with Gasteiger partial charge in [0.15, 0.2) is 0 Å². The molecule has 0 aromatic carbocycles. The monoisotopic (exact) mass is 452 g/mol. The van der Waals surface area contributed by atoms with Gasteiger partial charge in [0, 0.05) is 13.0 Å². The van der Waals surface area contributed by atoms with E-state index < -0.39 is 12.0 Å². The second-order valence-corrected chi connectivity index (χ2v) is 9.35. The van der Waals surface area contributed by atoms with Crippen molar-refractivity contribution in [2.45, 2.75) is 129 Å². The van der Waals surface area contributed by atoms with Crippen LogP contribution >= 0.6 is 0 Å². The normalized spacial score (nSPS) is 12.5. The molecule has 0 unspecified atom stereocenters. The first kappa shape index (κ1) is 30.6. The standard InChI is InChI=1S/C27H52N2O3/c1-4-5-6-7-8-9-10-11-12-13-14-15-16-17-18-19-23-26(30)28-24-21-20-22-25(27(31)32)29(2)3/h13-14,25H,4-12,15-24H2,1-3H3,(H,28,30)(H,31,32)/b14-13+/t25-/m0/s1. The Morgan fingerprint density at radius 2 is 1.31 bits per heavy atom. The molecule has 0 heterocycles. The van der Waals surface area contributed by atoms with Gasteiger partial charge < -0.3 is 10.4 Å². The van der Waals surface area contributed by atoms with Crippen LogP contribution in [0.15, 0.2) is 12.2 Å². The molecule has 32 heavy (non-hydrogen) atoms. The topological polar surface area (TPSA) is 69.6 Å². The van der Waals surface area contributed by atoms with Crippen LogP contribution in [0.5, 0.6) is 0 Å². The molecule has 0 saturated heterocycles. The Hall–Kier alpha value is -1.36. The predicted octanol–water partition coefficient (Wildman–Crippen LogP) is 6.72. The maximum atomic E-state index is 11.9. The molecular weight excluding hydrogens is 400 g/mol. The Bertz CT molecular complexity index is 478. The maximum absolute atomic E-state index is 11.9. The van der Waals surface area contributed by atoms with Crippen LogP contribution in [-0.2, 0) is 9.59 Å². The third-order valence-corrected chi connectivity index (χ3v) is 6.05. The number of hydrogen-bond acceptors (Lipinski definition) is 3. The molecule has 0 spiro atoms. The van der Waals surface area contributed by atoms with Gasteiger partial charge in [0.05, 0.1) is 0 Å². The molecule has 0 aromatic heterocycles. The summed E-state index contributed by atoms with van der Waals surface area (Å²) >= 11 is 0. The second kappa shape index (κ2) is 22.8. The highest BCUT2D eigenvalue weighted by Crippen LogP contribution is 2.11. The molecule has 0 aliphatic rings. The Labute approximate surface area is 198 Å². The third-order valence-electron chi connectivity index (χ3n) is 6.05. The van der Waals surface area contributed by atoms with Crippen molar-refractivity contribution >= 4 is 11.9 Å². The lowest BCUT2D eigenvalue weighted by Crippen LogP contribution is -2.35. The lowest BCUT2D eigenvalue weighted by Gasteiger charge is -2.19. The molecule has 5 heteroatoms. The molecule has 5 nitrogen and oxygen atoms in total. The van der Waals surface area contributed by atoms with Gasteiger partial charge in [0.2, 0.25) is 5.91 Å². The van der Waals surface area contributed by atoms with Crippen molar-refractivity contribution in [2.24, 2.45) is 0 Å². The van der Waals surface area contributed by atoms with Gasteiger partial charge in [0.25, 0.3) is 0 Å². The van der Waals surface area contributed by atoms with Gasteiger partial charge in [-0.05, 0) is 65.5 Å². The number of carbonyl (C=O) groups excluding carboxylic acids is 1. The summed E-state index contributed by atoms with van der Waals surface area (Å²) in [5.74, 6) is -0.657. The average molecular weight is 453 g/mol. The summed E-state index contributed by atoms with van der Waals surface area (Å²) in [7, 11) is 3.57. The number of carbonyl (C=O) groups is 2. The van der Waals surface area contributed by atoms with E-state index in [2.05, 4.69) is 24.4 Å². The lowest BCUT2D eigenvalue weighted by atomic mass is 10.1. The number of aliphatic carboxylic acids is 1. The fourth-order valence-electron chi connectivity index (χ4n) is 3.91. The summed E-state index contributed by atoms with van der Waals surface area (Å²) in [6.45, 7) is 2.91. The number of allylic oxidation sites excluding steroid dienone is 2. The van der Waals surface area contributed by atoms with Crippen molar-refractivity contribution in [1.82, 2.24) is 10.2 Å². The van der Waals surface area contributed by atoms with Gasteiger partial charge in [-0.3, -0.25) is 14.5 Å². The SMILES string of the molecule is CCCCCCCCCC/C=C/CCCCCCC(=O)NCCCC[C@@H](C(=O)O)N(C)C. The van der Waals surface area contributed by atoms with Gasteiger partial charge in [-0.15, -0.1) is 0 Å². The van der Waals surface area contributed by atoms with Gasteiger partial charge in [-0.2, -0.15) is 0 Å². The molecular formula is C27H52N2O3. The highest BCUT2D eigenvalue weighted by Gasteiger charge is 2.18. The van der Waals surface area contributed by atoms with Crippen molar-refractivity contribution in [1.29, 1.82) is 0 Å². The van der Waals surface area contributed by atoms with Crippen molar-refractivity contribution < 1.29 is 14.7 Å². The molecule has 0 aliphatic carbocycles. The van der Waals surface area contributed by atoms with Crippen molar-refractivity contribution in [2.75, 3.05) is 20.6 Å². The first-order chi connectivity index (χ1) is 15.5. The van der Waals surface area contributed by atoms with Gasteiger partial charge in [-0.1, -0.05) is 76.9 Å². The highest BCUT2D eigenvalue weighted by atomic mass is 16.4. The number of hydrogen-bond donors (Lipinski definition) is 2. The summed E-state index contributed by atoms with van der Waals surface area (Å²) in [4.78, 5) is 24.7. The van der Waals surface area contributed by atoms with E-state index in [0.29, 0.717) is 19.4 Å². The number of unbranched alkanes of at least 4 members (excludes halogenated alkanes) is 13. The second-order valence-electron chi connectivity index (χ2n) is 9.35. The number of carboxylic acid groups (broad SMARTS) is 1. The van der Waals surface area contributed by atoms with Gasteiger partial charge in [0.1, 0.15) is 6.04 Å². The van der Waals surface area contributed by atoms with Crippen LogP contribution in [0.2, 0.25) is 0 Å². The number of carboxylic acids is 1. The molecule has 1 atom stereocenters. The lowest BCUT2D eigenvalue weighted by molar-refractivity contribution is -0.142. The predicted molar refractivity (Wildman–Crippen MR) is 136 cm³/mol. The number of likely N-dealkylation sites (N-methyl/N-ethyl adjacent to an activating group) is 1. The molecule has 0 radical (unpaired) electrons. The minimum Gasteiger partial charge on any atom is -0.480 e. The largest absolute Gasteiger partial charge is 0.480 e. The van der Waals surface area contributed by atoms with Crippen LogP contribution in [0.1, 0.15) is 122 Å². The quantitative estimate of drug-likeness (QED) is 0.133. The molecule has 1 amide bonds. The summed E-state index contributed by atoms with van der Waals surface area (Å²) < 4.78 is 0. The van der Waals surface area contributed by atoms with Gasteiger partial charge >= 0.3 is 5.97 Å². The van der Waals surface area contributed by atoms with Crippen LogP contribution < -0.4 is 5.32 Å². The third kappa shape index (κ3) is 20.5. The molecule has 0 bridgehead atoms. The van der Waals surface area contributed by atoms with Crippen molar-refractivity contribution in [3.05, 3.63) is 12.2 Å². The van der Waals surface area contributed by atoms with E-state index in [9.17, 15) is 9.59 Å². The Morgan fingerprint density at radius 3 is 1.84 bits per heavy atom. The summed E-state index contributed by atoms with van der Waals surface area (Å²) in [6.07, 6.45) is 25.4. The van der Waals surface area contributed by atoms with E-state index >= 15 is 0 Å². The minimum absolute atomic E-state index is 0.123. The molecule has 0 aliphatic heterocycles. The number of rotatable bonds is 23. The average Bonchev–Trinajstić information content (AvgIpc) is 2.75. The molecule has 188 valence electrons. The Kier molecular flexibility index (Phi) is 21.9. The van der Waals surface area contributed by atoms with Crippen LogP contribution in [0, 0.1) is 0 Å². The first-order valence-electron chi connectivity index (χ1n) is 13.3. The fourth-order valence-corrected chi connectivity index (χ4v) is 3.91. The van der Waals surface area contributed by atoms with E-state index in [-0.39, 0.29) is 5.91 Å². The summed E-state index contributed by atoms with van der Waals surface area (Å²) in [5, 5.41) is 12.1. The van der Waals surface area contributed by atoms with Crippen molar-refractivity contribution in [3.8, 4) is 0 Å². The summed E-state index contributed by atoms with van der Waals surface area (Å²) in [5.41, 5.74) is 0. The van der Waals surface area contributed by atoms with Crippen LogP contribution in [-0.4, -0.2) is 48.6 Å². The van der Waals surface area contributed by atoms with Crippen LogP contribution in [0.4, 0.5) is 0 Å². The molecule has 0 fully saturated rings. The van der Waals surface area contributed by atoms with E-state index in [4.69, 9.17) is 5.11 Å². The highest BCUT2D eigenvalue weighted by molar-refractivity contribution is 5.75. The van der Waals surface area contributed by atoms with E-state index in [0.717, 1.165) is 32.1 Å². The minimum atomic E-state index is -0.780. The van der Waals surface area contributed by atoms with E-state index in [1.165, 1.54) is 70.6 Å². The molecule has 0 rings (SSSR count). The summed E-state index contributed by atoms with van der Waals surface area (Å²) in [6, 6.07) is -0.439. The zero-order chi connectivity index (χ0) is 23.9. The van der Waals surface area contributed by atoms with Gasteiger partial charge in [-0.25, -0.2) is 0 Å². The maximum Gasteiger partial charge on any atom is 0.320 e. The first-order valence-corrected chi connectivity index (χ1v) is 13.3. The zero-order valence-electron chi connectivity index (χ0n) is 21.4. The fraction of sp³-hybridized carbons (Fsp3) is 0.852. The van der Waals surface area contributed by atoms with Crippen molar-refractivity contribution in [3.63, 3.8) is 0 Å². The zero-order valence-corrected chi connectivity index (χ0v) is 21.4. The van der Waals surface area contributed by atoms with Crippen LogP contribution in [0.25, 0.3) is 0 Å². The number of nitrogens with one attached hydrogen (secondary N) is 1. The Morgan fingerprint density at radius 1 is 0.781 bits per heavy atom.